The van der Waals surface area contributed by atoms with Crippen molar-refractivity contribution in [1.29, 1.82) is 0 Å². The molecule has 4 saturated carbocycles. The van der Waals surface area contributed by atoms with E-state index in [0.29, 0.717) is 32.1 Å². The Kier molecular flexibility index (Phi) is 3.63. The first-order valence-corrected chi connectivity index (χ1v) is 8.17. The Bertz CT molecular complexity index is 436. The summed E-state index contributed by atoms with van der Waals surface area (Å²) in [5.41, 5.74) is -3.75. The van der Waals surface area contributed by atoms with Gasteiger partial charge in [-0.05, 0) is 63.7 Å². The van der Waals surface area contributed by atoms with Gasteiger partial charge in [-0.15, -0.1) is 0 Å². The maximum Gasteiger partial charge on any atom is 0.396 e. The van der Waals surface area contributed by atoms with Gasteiger partial charge < -0.3 is 5.11 Å². The van der Waals surface area contributed by atoms with Gasteiger partial charge in [0.1, 0.15) is 6.10 Å². The van der Waals surface area contributed by atoms with Gasteiger partial charge in [0.05, 0.1) is 11.0 Å². The summed E-state index contributed by atoms with van der Waals surface area (Å²) < 4.78 is 41.0. The molecule has 0 aromatic rings. The molecule has 6 heteroatoms. The molecule has 0 saturated heterocycles. The lowest BCUT2D eigenvalue weighted by atomic mass is 9.44. The molecule has 4 bridgehead atoms. The normalized spacial score (nSPS) is 44.9. The smallest absolute Gasteiger partial charge is 0.390 e. The average Bonchev–Trinajstić information content (AvgIpc) is 2.34. The summed E-state index contributed by atoms with van der Waals surface area (Å²) in [4.78, 5) is 4.53. The molecule has 4 aliphatic rings. The van der Waals surface area contributed by atoms with Crippen molar-refractivity contribution in [2.45, 2.75) is 76.7 Å². The molecule has 0 radical (unpaired) electrons. The van der Waals surface area contributed by atoms with Crippen molar-refractivity contribution < 1.29 is 28.4 Å². The minimum absolute atomic E-state index is 0.156. The van der Waals surface area contributed by atoms with Crippen LogP contribution in [0.4, 0.5) is 13.2 Å². The van der Waals surface area contributed by atoms with Crippen LogP contribution in [-0.2, 0) is 4.89 Å². The van der Waals surface area contributed by atoms with Crippen molar-refractivity contribution in [3.8, 4) is 0 Å². The molecule has 4 rings (SSSR count). The van der Waals surface area contributed by atoms with E-state index >= 15 is 0 Å². The van der Waals surface area contributed by atoms with Crippen LogP contribution in [-0.4, -0.2) is 28.2 Å². The zero-order valence-electron chi connectivity index (χ0n) is 13.1. The first-order valence-electron chi connectivity index (χ1n) is 8.17. The van der Waals surface area contributed by atoms with Gasteiger partial charge in [-0.1, -0.05) is 6.92 Å². The second-order valence-corrected chi connectivity index (χ2v) is 8.30. The van der Waals surface area contributed by atoms with Crippen LogP contribution in [0, 0.1) is 22.7 Å². The van der Waals surface area contributed by atoms with Gasteiger partial charge in [0.25, 0.3) is 0 Å². The first-order chi connectivity index (χ1) is 10.1. The van der Waals surface area contributed by atoms with Crippen LogP contribution in [0.2, 0.25) is 0 Å². The van der Waals surface area contributed by atoms with E-state index in [9.17, 15) is 23.5 Å². The SMILES string of the molecule is CCC(C)(C(OO)C12CC3CC(CC(O)(C3)C1)C2)C(F)(F)F. The van der Waals surface area contributed by atoms with Crippen molar-refractivity contribution >= 4 is 0 Å². The summed E-state index contributed by atoms with van der Waals surface area (Å²) in [6.07, 6.45) is -2.05. The molecule has 4 atom stereocenters. The Morgan fingerprint density at radius 2 is 1.73 bits per heavy atom. The molecule has 4 unspecified atom stereocenters. The highest BCUT2D eigenvalue weighted by molar-refractivity contribution is 5.13. The van der Waals surface area contributed by atoms with E-state index < -0.39 is 28.7 Å². The molecule has 2 N–H and O–H groups in total. The van der Waals surface area contributed by atoms with Gasteiger partial charge in [0.15, 0.2) is 0 Å². The molecular formula is C16H25F3O3. The molecule has 0 amide bonds. The van der Waals surface area contributed by atoms with Crippen LogP contribution in [0.3, 0.4) is 0 Å². The zero-order chi connectivity index (χ0) is 16.4. The van der Waals surface area contributed by atoms with Gasteiger partial charge in [0, 0.05) is 5.41 Å². The van der Waals surface area contributed by atoms with Gasteiger partial charge in [0.2, 0.25) is 0 Å². The second kappa shape index (κ2) is 4.84. The maximum absolute atomic E-state index is 13.7. The quantitative estimate of drug-likeness (QED) is 0.604. The van der Waals surface area contributed by atoms with Gasteiger partial charge in [-0.2, -0.15) is 13.2 Å². The molecule has 22 heavy (non-hydrogen) atoms. The minimum Gasteiger partial charge on any atom is -0.390 e. The van der Waals surface area contributed by atoms with E-state index in [4.69, 9.17) is 0 Å². The van der Waals surface area contributed by atoms with Crippen molar-refractivity contribution in [3.05, 3.63) is 0 Å². The summed E-state index contributed by atoms with van der Waals surface area (Å²) in [6.45, 7) is 2.62. The fraction of sp³-hybridized carbons (Fsp3) is 1.00. The number of alkyl halides is 3. The van der Waals surface area contributed by atoms with Crippen molar-refractivity contribution in [2.24, 2.45) is 22.7 Å². The summed E-state index contributed by atoms with van der Waals surface area (Å²) in [6, 6.07) is 0. The lowest BCUT2D eigenvalue weighted by Gasteiger charge is -2.63. The predicted molar refractivity (Wildman–Crippen MR) is 74.0 cm³/mol. The van der Waals surface area contributed by atoms with Crippen LogP contribution in [0.15, 0.2) is 0 Å². The van der Waals surface area contributed by atoms with Crippen molar-refractivity contribution in [1.82, 2.24) is 0 Å². The Morgan fingerprint density at radius 1 is 1.18 bits per heavy atom. The molecule has 4 aliphatic carbocycles. The number of rotatable bonds is 4. The average molecular weight is 322 g/mol. The van der Waals surface area contributed by atoms with E-state index in [1.165, 1.54) is 6.92 Å². The Hall–Kier alpha value is -0.330. The fourth-order valence-corrected chi connectivity index (χ4v) is 6.03. The van der Waals surface area contributed by atoms with Crippen LogP contribution in [0.25, 0.3) is 0 Å². The monoisotopic (exact) mass is 322 g/mol. The zero-order valence-corrected chi connectivity index (χ0v) is 13.1. The van der Waals surface area contributed by atoms with Crippen LogP contribution in [0.5, 0.6) is 0 Å². The fourth-order valence-electron chi connectivity index (χ4n) is 6.03. The standard InChI is InChI=1S/C16H25F3O3/c1-3-13(2,16(17,18)19)12(22-21)14-5-10-4-11(6-14)8-15(20,7-10)9-14/h10-12,20-21H,3-9H2,1-2H3. The summed E-state index contributed by atoms with van der Waals surface area (Å²) in [5.74, 6) is 0.497. The van der Waals surface area contributed by atoms with Crippen LogP contribution < -0.4 is 0 Å². The first kappa shape index (κ1) is 16.5. The third-order valence-electron chi connectivity index (χ3n) is 6.70. The lowest BCUT2D eigenvalue weighted by Crippen LogP contribution is -2.64. The van der Waals surface area contributed by atoms with E-state index in [0.717, 1.165) is 13.3 Å². The molecular weight excluding hydrogens is 297 g/mol. The molecule has 0 spiro atoms. The highest BCUT2D eigenvalue weighted by Crippen LogP contribution is 2.66. The summed E-state index contributed by atoms with van der Waals surface area (Å²) >= 11 is 0. The van der Waals surface area contributed by atoms with Crippen LogP contribution >= 0.6 is 0 Å². The lowest BCUT2D eigenvalue weighted by molar-refractivity contribution is -0.386. The minimum atomic E-state index is -4.46. The summed E-state index contributed by atoms with van der Waals surface area (Å²) in [5, 5.41) is 20.2. The third kappa shape index (κ3) is 2.21. The Balaban J connectivity index is 2.00. The number of hydrogen-bond donors (Lipinski definition) is 2. The molecule has 0 aliphatic heterocycles. The largest absolute Gasteiger partial charge is 0.396 e. The topological polar surface area (TPSA) is 49.7 Å². The number of halogens is 3. The highest BCUT2D eigenvalue weighted by Gasteiger charge is 2.67. The van der Waals surface area contributed by atoms with E-state index in [2.05, 4.69) is 4.89 Å². The predicted octanol–water partition coefficient (Wildman–Crippen LogP) is 4.15. The van der Waals surface area contributed by atoms with E-state index in [1.807, 2.05) is 0 Å². The van der Waals surface area contributed by atoms with Gasteiger partial charge in [-0.3, -0.25) is 5.26 Å². The molecule has 4 fully saturated rings. The van der Waals surface area contributed by atoms with Crippen molar-refractivity contribution in [3.63, 3.8) is 0 Å². The summed E-state index contributed by atoms with van der Waals surface area (Å²) in [7, 11) is 0. The van der Waals surface area contributed by atoms with Crippen molar-refractivity contribution in [2.75, 3.05) is 0 Å². The van der Waals surface area contributed by atoms with Crippen LogP contribution in [0.1, 0.15) is 58.8 Å². The molecule has 0 aromatic carbocycles. The number of hydrogen-bond acceptors (Lipinski definition) is 3. The molecule has 0 aromatic heterocycles. The Labute approximate surface area is 128 Å². The van der Waals surface area contributed by atoms with E-state index in [-0.39, 0.29) is 18.3 Å². The van der Waals surface area contributed by atoms with Gasteiger partial charge >= 0.3 is 6.18 Å². The maximum atomic E-state index is 13.7. The molecule has 3 nitrogen and oxygen atoms in total. The van der Waals surface area contributed by atoms with E-state index in [1.54, 1.807) is 0 Å². The van der Waals surface area contributed by atoms with Gasteiger partial charge in [-0.25, -0.2) is 4.89 Å². The number of aliphatic hydroxyl groups is 1. The molecule has 128 valence electrons. The third-order valence-corrected chi connectivity index (χ3v) is 6.70. The second-order valence-electron chi connectivity index (χ2n) is 8.30. The highest BCUT2D eigenvalue weighted by atomic mass is 19.4. The Morgan fingerprint density at radius 3 is 2.09 bits per heavy atom. The molecule has 0 heterocycles.